The van der Waals surface area contributed by atoms with Gasteiger partial charge in [-0.25, -0.2) is 0 Å². The van der Waals surface area contributed by atoms with Crippen molar-refractivity contribution in [2.24, 2.45) is 5.92 Å². The summed E-state index contributed by atoms with van der Waals surface area (Å²) < 4.78 is 5.59. The molecule has 1 heterocycles. The maximum atomic E-state index is 11.9. The number of hydrogen-bond donors (Lipinski definition) is 2. The molecule has 0 aromatic rings. The van der Waals surface area contributed by atoms with Gasteiger partial charge in [0.2, 0.25) is 5.91 Å². The lowest BCUT2D eigenvalue weighted by Gasteiger charge is -2.34. The first-order valence-corrected chi connectivity index (χ1v) is 6.95. The zero-order valence-electron chi connectivity index (χ0n) is 11.9. The van der Waals surface area contributed by atoms with Crippen LogP contribution in [0.1, 0.15) is 20.8 Å². The molecule has 0 aliphatic carbocycles. The van der Waals surface area contributed by atoms with Gasteiger partial charge in [0.25, 0.3) is 0 Å². The number of ether oxygens (including phenoxy) is 1. The summed E-state index contributed by atoms with van der Waals surface area (Å²) in [6.45, 7) is 11.8. The molecule has 1 amide bonds. The third-order valence-corrected chi connectivity index (χ3v) is 2.98. The first kappa shape index (κ1) is 15.4. The summed E-state index contributed by atoms with van der Waals surface area (Å²) >= 11 is 0. The summed E-state index contributed by atoms with van der Waals surface area (Å²) in [7, 11) is 0. The number of amides is 1. The predicted molar refractivity (Wildman–Crippen MR) is 72.6 cm³/mol. The Morgan fingerprint density at radius 2 is 2.33 bits per heavy atom. The fraction of sp³-hybridized carbons (Fsp3) is 0.923. The van der Waals surface area contributed by atoms with Gasteiger partial charge >= 0.3 is 0 Å². The topological polar surface area (TPSA) is 53.6 Å². The summed E-state index contributed by atoms with van der Waals surface area (Å²) in [5, 5.41) is 6.16. The first-order chi connectivity index (χ1) is 8.65. The molecule has 1 unspecified atom stereocenters. The predicted octanol–water partition coefficient (Wildman–Crippen LogP) is 0.0689. The van der Waals surface area contributed by atoms with Crippen molar-refractivity contribution in [1.82, 2.24) is 15.5 Å². The van der Waals surface area contributed by atoms with Gasteiger partial charge in [-0.1, -0.05) is 13.8 Å². The minimum absolute atomic E-state index is 0.0543. The highest BCUT2D eigenvalue weighted by Crippen LogP contribution is 2.03. The van der Waals surface area contributed by atoms with E-state index in [4.69, 9.17) is 4.74 Å². The van der Waals surface area contributed by atoms with Crippen LogP contribution in [-0.4, -0.2) is 62.8 Å². The molecule has 1 saturated heterocycles. The van der Waals surface area contributed by atoms with Gasteiger partial charge in [-0.3, -0.25) is 9.69 Å². The van der Waals surface area contributed by atoms with Crippen LogP contribution < -0.4 is 10.6 Å². The van der Waals surface area contributed by atoms with E-state index in [-0.39, 0.29) is 11.9 Å². The van der Waals surface area contributed by atoms with Crippen molar-refractivity contribution in [3.05, 3.63) is 0 Å². The molecule has 2 N–H and O–H groups in total. The molecule has 0 bridgehead atoms. The minimum Gasteiger partial charge on any atom is -0.380 e. The second-order valence-corrected chi connectivity index (χ2v) is 5.12. The van der Waals surface area contributed by atoms with E-state index in [1.54, 1.807) is 0 Å². The lowest BCUT2D eigenvalue weighted by molar-refractivity contribution is -0.127. The summed E-state index contributed by atoms with van der Waals surface area (Å²) in [6.07, 6.45) is 0. The highest BCUT2D eigenvalue weighted by Gasteiger charge is 2.27. The third-order valence-electron chi connectivity index (χ3n) is 2.98. The van der Waals surface area contributed by atoms with E-state index in [9.17, 15) is 4.79 Å². The van der Waals surface area contributed by atoms with Crippen LogP contribution in [0.25, 0.3) is 0 Å². The molecule has 0 aromatic heterocycles. The van der Waals surface area contributed by atoms with Crippen LogP contribution in [0.4, 0.5) is 0 Å². The average molecular weight is 257 g/mol. The van der Waals surface area contributed by atoms with Crippen LogP contribution in [0, 0.1) is 5.92 Å². The quantitative estimate of drug-likeness (QED) is 0.634. The maximum Gasteiger partial charge on any atom is 0.238 e. The van der Waals surface area contributed by atoms with E-state index in [1.807, 2.05) is 6.92 Å². The standard InChI is InChI=1S/C13H27N3O2/c1-4-15-13(17)12-9-14-5-6-16(12)7-8-18-10-11(2)3/h11-12,14H,4-10H2,1-3H3,(H,15,17). The van der Waals surface area contributed by atoms with Crippen molar-refractivity contribution in [3.63, 3.8) is 0 Å². The van der Waals surface area contributed by atoms with Crippen LogP contribution in [-0.2, 0) is 9.53 Å². The number of nitrogens with zero attached hydrogens (tertiary/aromatic N) is 1. The average Bonchev–Trinajstić information content (AvgIpc) is 2.35. The molecule has 0 saturated carbocycles. The monoisotopic (exact) mass is 257 g/mol. The molecule has 18 heavy (non-hydrogen) atoms. The second-order valence-electron chi connectivity index (χ2n) is 5.12. The molecule has 1 fully saturated rings. The van der Waals surface area contributed by atoms with E-state index in [0.717, 1.165) is 32.8 Å². The number of nitrogens with one attached hydrogen (secondary N) is 2. The second kappa shape index (κ2) is 8.45. The molecule has 0 aromatic carbocycles. The van der Waals surface area contributed by atoms with Crippen molar-refractivity contribution in [1.29, 1.82) is 0 Å². The molecule has 0 radical (unpaired) electrons. The van der Waals surface area contributed by atoms with Gasteiger partial charge in [0.05, 0.1) is 6.61 Å². The number of carbonyl (C=O) groups is 1. The summed E-state index contributed by atoms with van der Waals surface area (Å²) in [5.41, 5.74) is 0. The lowest BCUT2D eigenvalue weighted by atomic mass is 10.1. The van der Waals surface area contributed by atoms with Gasteiger partial charge in [-0.15, -0.1) is 0 Å². The summed E-state index contributed by atoms with van der Waals surface area (Å²) in [5.74, 6) is 0.681. The number of piperazine rings is 1. The van der Waals surface area contributed by atoms with Crippen LogP contribution in [0.5, 0.6) is 0 Å². The van der Waals surface area contributed by atoms with Crippen LogP contribution >= 0.6 is 0 Å². The molecular formula is C13H27N3O2. The molecule has 5 nitrogen and oxygen atoms in total. The molecule has 1 aliphatic heterocycles. The van der Waals surface area contributed by atoms with E-state index < -0.39 is 0 Å². The molecule has 106 valence electrons. The molecule has 0 spiro atoms. The number of carbonyl (C=O) groups excluding carboxylic acids is 1. The van der Waals surface area contributed by atoms with E-state index in [0.29, 0.717) is 19.1 Å². The van der Waals surface area contributed by atoms with Gasteiger partial charge in [0.15, 0.2) is 0 Å². The lowest BCUT2D eigenvalue weighted by Crippen LogP contribution is -2.58. The molecule has 1 aliphatic rings. The van der Waals surface area contributed by atoms with Crippen LogP contribution in [0.15, 0.2) is 0 Å². The van der Waals surface area contributed by atoms with E-state index >= 15 is 0 Å². The van der Waals surface area contributed by atoms with E-state index in [1.165, 1.54) is 0 Å². The van der Waals surface area contributed by atoms with Crippen LogP contribution in [0.3, 0.4) is 0 Å². The largest absolute Gasteiger partial charge is 0.380 e. The van der Waals surface area contributed by atoms with Gasteiger partial charge < -0.3 is 15.4 Å². The highest BCUT2D eigenvalue weighted by molar-refractivity contribution is 5.82. The first-order valence-electron chi connectivity index (χ1n) is 6.95. The third kappa shape index (κ3) is 5.33. The SMILES string of the molecule is CCNC(=O)C1CNCCN1CCOCC(C)C. The Balaban J connectivity index is 2.32. The summed E-state index contributed by atoms with van der Waals surface area (Å²) in [6, 6.07) is -0.0543. The normalized spacial score (nSPS) is 21.2. The molecular weight excluding hydrogens is 230 g/mol. The fourth-order valence-corrected chi connectivity index (χ4v) is 2.07. The zero-order chi connectivity index (χ0) is 13.4. The Hall–Kier alpha value is -0.650. The zero-order valence-corrected chi connectivity index (χ0v) is 11.9. The van der Waals surface area contributed by atoms with Crippen molar-refractivity contribution in [3.8, 4) is 0 Å². The van der Waals surface area contributed by atoms with Crippen molar-refractivity contribution in [2.75, 3.05) is 45.9 Å². The Labute approximate surface area is 110 Å². The molecule has 5 heteroatoms. The number of rotatable bonds is 7. The Kier molecular flexibility index (Phi) is 7.23. The van der Waals surface area contributed by atoms with E-state index in [2.05, 4.69) is 29.4 Å². The van der Waals surface area contributed by atoms with Crippen molar-refractivity contribution >= 4 is 5.91 Å². The molecule has 1 rings (SSSR count). The smallest absolute Gasteiger partial charge is 0.238 e. The van der Waals surface area contributed by atoms with Crippen molar-refractivity contribution in [2.45, 2.75) is 26.8 Å². The van der Waals surface area contributed by atoms with Crippen molar-refractivity contribution < 1.29 is 9.53 Å². The minimum atomic E-state index is -0.0543. The number of hydrogen-bond acceptors (Lipinski definition) is 4. The molecule has 1 atom stereocenters. The van der Waals surface area contributed by atoms with Gasteiger partial charge in [0, 0.05) is 39.3 Å². The number of likely N-dealkylation sites (N-methyl/N-ethyl adjacent to an activating group) is 1. The Bertz CT molecular complexity index is 246. The fourth-order valence-electron chi connectivity index (χ4n) is 2.07. The highest BCUT2D eigenvalue weighted by atomic mass is 16.5. The van der Waals surface area contributed by atoms with Gasteiger partial charge in [-0.2, -0.15) is 0 Å². The maximum absolute atomic E-state index is 11.9. The van der Waals surface area contributed by atoms with Crippen LogP contribution in [0.2, 0.25) is 0 Å². The Morgan fingerprint density at radius 1 is 1.56 bits per heavy atom. The van der Waals surface area contributed by atoms with Gasteiger partial charge in [0.1, 0.15) is 6.04 Å². The van der Waals surface area contributed by atoms with Gasteiger partial charge in [-0.05, 0) is 12.8 Å². The Morgan fingerprint density at radius 3 is 3.00 bits per heavy atom. The summed E-state index contributed by atoms with van der Waals surface area (Å²) in [4.78, 5) is 14.1.